The summed E-state index contributed by atoms with van der Waals surface area (Å²) in [5.41, 5.74) is -0.500. The second-order valence-electron chi connectivity index (χ2n) is 5.29. The minimum absolute atomic E-state index is 0. The van der Waals surface area contributed by atoms with Gasteiger partial charge in [0, 0.05) is 13.6 Å². The molecule has 0 aromatic rings. The van der Waals surface area contributed by atoms with E-state index in [1.807, 2.05) is 6.92 Å². The Morgan fingerprint density at radius 2 is 2.22 bits per heavy atom. The molecule has 0 saturated carbocycles. The number of hydrogen-bond acceptors (Lipinski definition) is 3. The van der Waals surface area contributed by atoms with Crippen LogP contribution in [0.4, 0.5) is 0 Å². The van der Waals surface area contributed by atoms with Crippen LogP contribution in [0, 0.1) is 0 Å². The van der Waals surface area contributed by atoms with E-state index in [2.05, 4.69) is 10.6 Å². The zero-order valence-corrected chi connectivity index (χ0v) is 11.8. The van der Waals surface area contributed by atoms with Crippen molar-refractivity contribution < 1.29 is 9.59 Å². The van der Waals surface area contributed by atoms with Crippen LogP contribution < -0.4 is 10.6 Å². The molecule has 0 aromatic carbocycles. The van der Waals surface area contributed by atoms with Gasteiger partial charge in [-0.25, -0.2) is 0 Å². The molecule has 18 heavy (non-hydrogen) atoms. The lowest BCUT2D eigenvalue weighted by Crippen LogP contribution is -2.59. The van der Waals surface area contributed by atoms with Crippen molar-refractivity contribution in [3.05, 3.63) is 0 Å². The van der Waals surface area contributed by atoms with E-state index in [-0.39, 0.29) is 30.3 Å². The minimum atomic E-state index is -0.500. The van der Waals surface area contributed by atoms with Gasteiger partial charge in [-0.3, -0.25) is 9.59 Å². The van der Waals surface area contributed by atoms with E-state index in [9.17, 15) is 9.59 Å². The van der Waals surface area contributed by atoms with Crippen molar-refractivity contribution >= 4 is 24.2 Å². The Morgan fingerprint density at radius 1 is 1.50 bits per heavy atom. The zero-order valence-electron chi connectivity index (χ0n) is 11.0. The lowest BCUT2D eigenvalue weighted by Gasteiger charge is -2.34. The maximum absolute atomic E-state index is 12.2. The summed E-state index contributed by atoms with van der Waals surface area (Å²) < 4.78 is 0. The Bertz CT molecular complexity index is 329. The van der Waals surface area contributed by atoms with E-state index in [4.69, 9.17) is 0 Å². The number of halogens is 1. The summed E-state index contributed by atoms with van der Waals surface area (Å²) in [5.74, 6) is -0.0105. The highest BCUT2D eigenvalue weighted by atomic mass is 35.5. The van der Waals surface area contributed by atoms with E-state index in [1.165, 1.54) is 0 Å². The molecule has 2 heterocycles. The second-order valence-corrected chi connectivity index (χ2v) is 5.29. The Morgan fingerprint density at radius 3 is 2.72 bits per heavy atom. The molecule has 5 nitrogen and oxygen atoms in total. The highest BCUT2D eigenvalue weighted by Crippen LogP contribution is 2.20. The summed E-state index contributed by atoms with van der Waals surface area (Å²) in [4.78, 5) is 25.6. The number of piperidine rings is 1. The van der Waals surface area contributed by atoms with Gasteiger partial charge < -0.3 is 15.5 Å². The number of hydrogen-bond donors (Lipinski definition) is 2. The van der Waals surface area contributed by atoms with Crippen LogP contribution in [0.2, 0.25) is 0 Å². The van der Waals surface area contributed by atoms with Crippen LogP contribution in [0.1, 0.15) is 32.6 Å². The molecule has 2 rings (SSSR count). The smallest absolute Gasteiger partial charge is 0.244 e. The molecule has 0 bridgehead atoms. The third-order valence-corrected chi connectivity index (χ3v) is 3.85. The number of likely N-dealkylation sites (tertiary alicyclic amines) is 1. The average molecular weight is 276 g/mol. The third-order valence-electron chi connectivity index (χ3n) is 3.85. The van der Waals surface area contributed by atoms with Gasteiger partial charge in [0.25, 0.3) is 0 Å². The molecule has 2 aliphatic rings. The van der Waals surface area contributed by atoms with Gasteiger partial charge in [0.1, 0.15) is 6.04 Å². The molecular formula is C12H22ClN3O2. The number of nitrogens with zero attached hydrogens (tertiary/aromatic N) is 1. The largest absolute Gasteiger partial charge is 0.344 e. The highest BCUT2D eigenvalue weighted by molar-refractivity contribution is 5.92. The van der Waals surface area contributed by atoms with Crippen molar-refractivity contribution in [2.45, 2.75) is 44.2 Å². The molecule has 104 valence electrons. The first-order valence-corrected chi connectivity index (χ1v) is 6.34. The summed E-state index contributed by atoms with van der Waals surface area (Å²) in [6.07, 6.45) is 3.75. The molecule has 2 amide bonds. The number of carbonyl (C=O) groups excluding carboxylic acids is 2. The lowest BCUT2D eigenvalue weighted by atomic mass is 9.90. The summed E-state index contributed by atoms with van der Waals surface area (Å²) in [6.45, 7) is 3.53. The Balaban J connectivity index is 0.00000162. The number of carbonyl (C=O) groups is 2. The first-order chi connectivity index (χ1) is 8.03. The van der Waals surface area contributed by atoms with Gasteiger partial charge in [0.2, 0.25) is 11.8 Å². The number of rotatable bonds is 2. The molecular weight excluding hydrogens is 254 g/mol. The molecule has 0 radical (unpaired) electrons. The molecule has 2 atom stereocenters. The topological polar surface area (TPSA) is 61.4 Å². The molecule has 2 fully saturated rings. The number of nitrogens with one attached hydrogen (secondary N) is 2. The van der Waals surface area contributed by atoms with Crippen molar-refractivity contribution in [3.8, 4) is 0 Å². The molecule has 2 unspecified atom stereocenters. The van der Waals surface area contributed by atoms with Crippen molar-refractivity contribution in [1.82, 2.24) is 15.5 Å². The summed E-state index contributed by atoms with van der Waals surface area (Å²) in [5, 5.41) is 6.13. The van der Waals surface area contributed by atoms with Crippen LogP contribution in [0.3, 0.4) is 0 Å². The van der Waals surface area contributed by atoms with E-state index in [0.29, 0.717) is 0 Å². The Labute approximate surface area is 114 Å². The van der Waals surface area contributed by atoms with Gasteiger partial charge in [0.05, 0.1) is 5.54 Å². The molecule has 0 aliphatic carbocycles. The standard InChI is InChI=1S/C12H21N3O2.ClH/c1-12(6-3-4-7-13-12)11(17)14-9-5-8-15(2)10(9)16;/h9,13H,3-8H2,1-2H3,(H,14,17);1H. The van der Waals surface area contributed by atoms with E-state index >= 15 is 0 Å². The Kier molecular flexibility index (Phi) is 4.99. The van der Waals surface area contributed by atoms with Crippen LogP contribution >= 0.6 is 12.4 Å². The van der Waals surface area contributed by atoms with Gasteiger partial charge in [0.15, 0.2) is 0 Å². The number of amides is 2. The first-order valence-electron chi connectivity index (χ1n) is 6.34. The first kappa shape index (κ1) is 15.2. The monoisotopic (exact) mass is 275 g/mol. The SMILES string of the molecule is CN1CCC(NC(=O)C2(C)CCCCN2)C1=O.Cl. The van der Waals surface area contributed by atoms with E-state index in [1.54, 1.807) is 11.9 Å². The second kappa shape index (κ2) is 5.89. The molecule has 2 aliphatic heterocycles. The van der Waals surface area contributed by atoms with Crippen LogP contribution in [-0.4, -0.2) is 48.4 Å². The van der Waals surface area contributed by atoms with Gasteiger partial charge in [-0.05, 0) is 39.2 Å². The average Bonchev–Trinajstić information content (AvgIpc) is 2.62. The maximum Gasteiger partial charge on any atom is 0.244 e. The fourth-order valence-electron chi connectivity index (χ4n) is 2.52. The lowest BCUT2D eigenvalue weighted by molar-refractivity contribution is -0.134. The summed E-state index contributed by atoms with van der Waals surface area (Å²) >= 11 is 0. The quantitative estimate of drug-likeness (QED) is 0.761. The minimum Gasteiger partial charge on any atom is -0.344 e. The van der Waals surface area contributed by atoms with E-state index in [0.717, 1.165) is 38.8 Å². The van der Waals surface area contributed by atoms with Crippen LogP contribution in [0.25, 0.3) is 0 Å². The predicted octanol–water partition coefficient (Wildman–Crippen LogP) is 0.287. The van der Waals surface area contributed by atoms with E-state index < -0.39 is 5.54 Å². The van der Waals surface area contributed by atoms with Crippen LogP contribution in [-0.2, 0) is 9.59 Å². The third kappa shape index (κ3) is 2.95. The fourth-order valence-corrected chi connectivity index (χ4v) is 2.52. The molecule has 0 spiro atoms. The molecule has 0 aromatic heterocycles. The summed E-state index contributed by atoms with van der Waals surface area (Å²) in [6, 6.07) is -0.326. The van der Waals surface area contributed by atoms with Crippen molar-refractivity contribution in [3.63, 3.8) is 0 Å². The van der Waals surface area contributed by atoms with Gasteiger partial charge in [-0.2, -0.15) is 0 Å². The molecule has 2 N–H and O–H groups in total. The number of likely N-dealkylation sites (N-methyl/N-ethyl adjacent to an activating group) is 1. The maximum atomic E-state index is 12.2. The predicted molar refractivity (Wildman–Crippen MR) is 71.7 cm³/mol. The normalized spacial score (nSPS) is 32.0. The van der Waals surface area contributed by atoms with Crippen LogP contribution in [0.5, 0.6) is 0 Å². The molecule has 2 saturated heterocycles. The summed E-state index contributed by atoms with van der Waals surface area (Å²) in [7, 11) is 1.77. The van der Waals surface area contributed by atoms with Gasteiger partial charge in [-0.1, -0.05) is 0 Å². The zero-order chi connectivity index (χ0) is 12.5. The molecule has 6 heteroatoms. The fraction of sp³-hybridized carbons (Fsp3) is 0.833. The van der Waals surface area contributed by atoms with Crippen molar-refractivity contribution in [1.29, 1.82) is 0 Å². The highest BCUT2D eigenvalue weighted by Gasteiger charge is 2.38. The Hall–Kier alpha value is -0.810. The van der Waals surface area contributed by atoms with Gasteiger partial charge >= 0.3 is 0 Å². The van der Waals surface area contributed by atoms with Crippen LogP contribution in [0.15, 0.2) is 0 Å². The van der Waals surface area contributed by atoms with Crippen molar-refractivity contribution in [2.75, 3.05) is 20.1 Å². The van der Waals surface area contributed by atoms with Crippen molar-refractivity contribution in [2.24, 2.45) is 0 Å². The van der Waals surface area contributed by atoms with Gasteiger partial charge in [-0.15, -0.1) is 12.4 Å².